The van der Waals surface area contributed by atoms with E-state index in [1.54, 1.807) is 4.90 Å². The van der Waals surface area contributed by atoms with Gasteiger partial charge >= 0.3 is 6.18 Å². The average molecular weight is 377 g/mol. The molecule has 1 aliphatic rings. The highest BCUT2D eigenvalue weighted by molar-refractivity contribution is 5.49. The molecule has 0 amide bonds. The van der Waals surface area contributed by atoms with E-state index >= 15 is 0 Å². The van der Waals surface area contributed by atoms with Gasteiger partial charge in [0.15, 0.2) is 5.65 Å². The molecule has 4 heterocycles. The van der Waals surface area contributed by atoms with Crippen molar-refractivity contribution < 1.29 is 13.2 Å². The highest BCUT2D eigenvalue weighted by atomic mass is 19.4. The monoisotopic (exact) mass is 377 g/mol. The molecule has 7 nitrogen and oxygen atoms in total. The number of piperazine rings is 1. The second kappa shape index (κ2) is 6.36. The Morgan fingerprint density at radius 1 is 0.926 bits per heavy atom. The van der Waals surface area contributed by atoms with E-state index in [2.05, 4.69) is 25.0 Å². The Labute approximate surface area is 153 Å². The number of fused-ring (bicyclic) bond motifs is 1. The van der Waals surface area contributed by atoms with Gasteiger partial charge in [-0.3, -0.25) is 0 Å². The number of hydrogen-bond donors (Lipinski definition) is 0. The van der Waals surface area contributed by atoms with E-state index in [4.69, 9.17) is 0 Å². The van der Waals surface area contributed by atoms with Crippen molar-refractivity contribution in [3.63, 3.8) is 0 Å². The zero-order chi connectivity index (χ0) is 19.2. The van der Waals surface area contributed by atoms with Gasteiger partial charge < -0.3 is 9.80 Å². The summed E-state index contributed by atoms with van der Waals surface area (Å²) in [5.41, 5.74) is 1.80. The number of hydrogen-bond acceptors (Lipinski definition) is 6. The molecule has 4 rings (SSSR count). The molecule has 142 valence electrons. The van der Waals surface area contributed by atoms with Gasteiger partial charge in [0.25, 0.3) is 0 Å². The van der Waals surface area contributed by atoms with Crippen molar-refractivity contribution in [2.75, 3.05) is 36.0 Å². The SMILES string of the molecule is Cc1nc2ccc(N3CCN(c4nccc(C(F)(F)F)n4)CC3)nn2c1C. The van der Waals surface area contributed by atoms with E-state index in [0.717, 1.165) is 35.1 Å². The van der Waals surface area contributed by atoms with Crippen LogP contribution in [0.15, 0.2) is 24.4 Å². The van der Waals surface area contributed by atoms with Crippen LogP contribution in [0.3, 0.4) is 0 Å². The van der Waals surface area contributed by atoms with Crippen molar-refractivity contribution in [1.29, 1.82) is 0 Å². The molecule has 10 heteroatoms. The van der Waals surface area contributed by atoms with Gasteiger partial charge in [0.05, 0.1) is 11.4 Å². The molecule has 3 aromatic rings. The van der Waals surface area contributed by atoms with Crippen LogP contribution in [0.5, 0.6) is 0 Å². The van der Waals surface area contributed by atoms with Gasteiger partial charge in [-0.15, -0.1) is 5.10 Å². The molecule has 0 bridgehead atoms. The molecule has 0 radical (unpaired) electrons. The van der Waals surface area contributed by atoms with E-state index in [9.17, 15) is 13.2 Å². The van der Waals surface area contributed by atoms with Gasteiger partial charge in [-0.25, -0.2) is 19.5 Å². The van der Waals surface area contributed by atoms with Gasteiger partial charge in [-0.2, -0.15) is 13.2 Å². The molecule has 3 aromatic heterocycles. The smallest absolute Gasteiger partial charge is 0.352 e. The molecule has 0 N–H and O–H groups in total. The Balaban J connectivity index is 1.50. The summed E-state index contributed by atoms with van der Waals surface area (Å²) in [7, 11) is 0. The van der Waals surface area contributed by atoms with Crippen LogP contribution >= 0.6 is 0 Å². The summed E-state index contributed by atoms with van der Waals surface area (Å²) >= 11 is 0. The molecule has 0 unspecified atom stereocenters. The van der Waals surface area contributed by atoms with Gasteiger partial charge in [-0.05, 0) is 32.0 Å². The highest BCUT2D eigenvalue weighted by Crippen LogP contribution is 2.28. The lowest BCUT2D eigenvalue weighted by atomic mass is 10.3. The van der Waals surface area contributed by atoms with Gasteiger partial charge in [0.1, 0.15) is 11.5 Å². The quantitative estimate of drug-likeness (QED) is 0.684. The first-order valence-electron chi connectivity index (χ1n) is 8.56. The molecular weight excluding hydrogens is 359 g/mol. The van der Waals surface area contributed by atoms with Crippen molar-refractivity contribution in [1.82, 2.24) is 24.6 Å². The summed E-state index contributed by atoms with van der Waals surface area (Å²) in [6.45, 7) is 6.17. The first-order chi connectivity index (χ1) is 12.8. The summed E-state index contributed by atoms with van der Waals surface area (Å²) in [6.07, 6.45) is -3.32. The molecule has 27 heavy (non-hydrogen) atoms. The molecule has 0 atom stereocenters. The summed E-state index contributed by atoms with van der Waals surface area (Å²) in [5, 5.41) is 4.65. The number of imidazole rings is 1. The van der Waals surface area contributed by atoms with Crippen molar-refractivity contribution in [3.05, 3.63) is 41.5 Å². The average Bonchev–Trinajstić information content (AvgIpc) is 2.95. The Morgan fingerprint density at radius 3 is 2.33 bits per heavy atom. The second-order valence-corrected chi connectivity index (χ2v) is 6.46. The lowest BCUT2D eigenvalue weighted by Crippen LogP contribution is -2.47. The summed E-state index contributed by atoms with van der Waals surface area (Å²) in [4.78, 5) is 16.0. The Kier molecular flexibility index (Phi) is 4.12. The third-order valence-corrected chi connectivity index (χ3v) is 4.74. The van der Waals surface area contributed by atoms with Crippen LogP contribution < -0.4 is 9.80 Å². The molecule has 0 aromatic carbocycles. The summed E-state index contributed by atoms with van der Waals surface area (Å²) in [6, 6.07) is 4.72. The van der Waals surface area contributed by atoms with Crippen LogP contribution in [0.1, 0.15) is 17.1 Å². The van der Waals surface area contributed by atoms with Crippen molar-refractivity contribution in [2.45, 2.75) is 20.0 Å². The third-order valence-electron chi connectivity index (χ3n) is 4.74. The Hall–Kier alpha value is -2.91. The second-order valence-electron chi connectivity index (χ2n) is 6.46. The minimum Gasteiger partial charge on any atom is -0.352 e. The topological polar surface area (TPSA) is 62.5 Å². The molecule has 1 aliphatic heterocycles. The molecule has 1 fully saturated rings. The van der Waals surface area contributed by atoms with E-state index in [1.807, 2.05) is 30.5 Å². The van der Waals surface area contributed by atoms with Crippen LogP contribution in [-0.4, -0.2) is 50.7 Å². The zero-order valence-electron chi connectivity index (χ0n) is 14.9. The first-order valence-corrected chi connectivity index (χ1v) is 8.56. The standard InChI is InChI=1S/C17H18F3N7/c1-11-12(2)27-14(22-11)3-4-15(24-27)25-7-9-26(10-8-25)16-21-6-5-13(23-16)17(18,19)20/h3-6H,7-10H2,1-2H3. The molecule has 0 spiro atoms. The Bertz CT molecular complexity index is 974. The van der Waals surface area contributed by atoms with E-state index < -0.39 is 11.9 Å². The van der Waals surface area contributed by atoms with Gasteiger partial charge in [-0.1, -0.05) is 0 Å². The molecular formula is C17H18F3N7. The number of aryl methyl sites for hydroxylation is 2. The highest BCUT2D eigenvalue weighted by Gasteiger charge is 2.33. The predicted molar refractivity (Wildman–Crippen MR) is 93.9 cm³/mol. The van der Waals surface area contributed by atoms with E-state index in [1.165, 1.54) is 0 Å². The minimum absolute atomic E-state index is 0.106. The fourth-order valence-electron chi connectivity index (χ4n) is 3.11. The molecule has 0 saturated carbocycles. The summed E-state index contributed by atoms with van der Waals surface area (Å²) in [5.74, 6) is 0.918. The van der Waals surface area contributed by atoms with Crippen LogP contribution in [0, 0.1) is 13.8 Å². The van der Waals surface area contributed by atoms with Crippen molar-refractivity contribution in [2.24, 2.45) is 0 Å². The van der Waals surface area contributed by atoms with Crippen LogP contribution in [0.2, 0.25) is 0 Å². The fraction of sp³-hybridized carbons (Fsp3) is 0.412. The number of halogens is 3. The van der Waals surface area contributed by atoms with E-state index in [0.29, 0.717) is 26.2 Å². The maximum absolute atomic E-state index is 12.8. The normalized spacial score (nSPS) is 15.6. The number of aromatic nitrogens is 5. The van der Waals surface area contributed by atoms with Crippen LogP contribution in [-0.2, 0) is 6.18 Å². The maximum Gasteiger partial charge on any atom is 0.433 e. The number of nitrogens with zero attached hydrogens (tertiary/aromatic N) is 7. The van der Waals surface area contributed by atoms with Gasteiger partial charge in [0.2, 0.25) is 5.95 Å². The number of anilines is 2. The zero-order valence-corrected chi connectivity index (χ0v) is 14.9. The molecule has 0 aliphatic carbocycles. The first kappa shape index (κ1) is 17.5. The molecule has 1 saturated heterocycles. The van der Waals surface area contributed by atoms with Gasteiger partial charge in [0, 0.05) is 32.4 Å². The fourth-order valence-corrected chi connectivity index (χ4v) is 3.11. The Morgan fingerprint density at radius 2 is 1.63 bits per heavy atom. The van der Waals surface area contributed by atoms with Crippen molar-refractivity contribution >= 4 is 17.4 Å². The van der Waals surface area contributed by atoms with E-state index in [-0.39, 0.29) is 5.95 Å². The largest absolute Gasteiger partial charge is 0.433 e. The number of alkyl halides is 3. The number of rotatable bonds is 2. The van der Waals surface area contributed by atoms with Crippen molar-refractivity contribution in [3.8, 4) is 0 Å². The minimum atomic E-state index is -4.47. The third kappa shape index (κ3) is 3.26. The predicted octanol–water partition coefficient (Wildman–Crippen LogP) is 2.48. The lowest BCUT2D eigenvalue weighted by Gasteiger charge is -2.35. The van der Waals surface area contributed by atoms with Crippen LogP contribution in [0.25, 0.3) is 5.65 Å². The lowest BCUT2D eigenvalue weighted by molar-refractivity contribution is -0.141. The summed E-state index contributed by atoms with van der Waals surface area (Å²) < 4.78 is 40.4. The maximum atomic E-state index is 12.8. The van der Waals surface area contributed by atoms with Crippen LogP contribution in [0.4, 0.5) is 24.9 Å².